The number of aldehydes is 1. The molecule has 0 atom stereocenters. The summed E-state index contributed by atoms with van der Waals surface area (Å²) in [6.45, 7) is 15.0. The van der Waals surface area contributed by atoms with Crippen LogP contribution in [0.1, 0.15) is 45.7 Å². The highest BCUT2D eigenvalue weighted by Crippen LogP contribution is 2.24. The number of hydrogen-bond donors (Lipinski definition) is 1. The SMILES string of the molecule is C=N/C(C)=C(\S/C=C\C(=C/C=O)c1ccc(C)cc1)C(N)=O.CC.CC. The van der Waals surface area contributed by atoms with Crippen molar-refractivity contribution in [3.05, 3.63) is 63.6 Å². The van der Waals surface area contributed by atoms with Crippen LogP contribution in [-0.2, 0) is 9.59 Å². The van der Waals surface area contributed by atoms with E-state index in [0.717, 1.165) is 34.7 Å². The summed E-state index contributed by atoms with van der Waals surface area (Å²) in [7, 11) is 0. The Labute approximate surface area is 162 Å². The molecule has 0 saturated carbocycles. The van der Waals surface area contributed by atoms with Gasteiger partial charge in [0.05, 0.1) is 10.6 Å². The number of aliphatic imine (C=N–C) groups is 1. The van der Waals surface area contributed by atoms with Gasteiger partial charge in [0.1, 0.15) is 6.29 Å². The van der Waals surface area contributed by atoms with Crippen LogP contribution in [0.25, 0.3) is 5.57 Å². The van der Waals surface area contributed by atoms with Crippen LogP contribution < -0.4 is 5.73 Å². The summed E-state index contributed by atoms with van der Waals surface area (Å²) in [6, 6.07) is 7.80. The monoisotopic (exact) mass is 374 g/mol. The van der Waals surface area contributed by atoms with E-state index in [2.05, 4.69) is 11.7 Å². The average molecular weight is 375 g/mol. The Morgan fingerprint density at radius 2 is 1.69 bits per heavy atom. The molecule has 0 heterocycles. The van der Waals surface area contributed by atoms with E-state index in [-0.39, 0.29) is 0 Å². The van der Waals surface area contributed by atoms with Crippen LogP contribution in [0.4, 0.5) is 0 Å². The number of amides is 1. The standard InChI is InChI=1S/C17H18N2O2S.2C2H6/c1-12-4-6-14(7-5-12)15(8-10-20)9-11-22-16(17(18)21)13(2)19-3;2*1-2/h4-11H,3H2,1-2H3,(H2,18,21);2*1-2H3/b11-9-,15-8+,16-13-;;. The lowest BCUT2D eigenvalue weighted by Gasteiger charge is -2.04. The van der Waals surface area contributed by atoms with Gasteiger partial charge in [-0.05, 0) is 49.3 Å². The van der Waals surface area contributed by atoms with Crippen LogP contribution in [0.15, 0.2) is 57.4 Å². The molecule has 1 aromatic carbocycles. The smallest absolute Gasteiger partial charge is 0.257 e. The van der Waals surface area contributed by atoms with E-state index in [1.54, 1.807) is 18.4 Å². The topological polar surface area (TPSA) is 72.5 Å². The normalized spacial score (nSPS) is 11.4. The van der Waals surface area contributed by atoms with E-state index >= 15 is 0 Å². The Morgan fingerprint density at radius 3 is 2.12 bits per heavy atom. The number of thioether (sulfide) groups is 1. The van der Waals surface area contributed by atoms with Crippen LogP contribution in [0.5, 0.6) is 0 Å². The third-order valence-electron chi connectivity index (χ3n) is 2.86. The number of hydrogen-bond acceptors (Lipinski definition) is 4. The predicted octanol–water partition coefficient (Wildman–Crippen LogP) is 5.29. The average Bonchev–Trinajstić information content (AvgIpc) is 2.67. The predicted molar refractivity (Wildman–Crippen MR) is 116 cm³/mol. The van der Waals surface area contributed by atoms with Crippen molar-refractivity contribution in [1.82, 2.24) is 0 Å². The van der Waals surface area contributed by atoms with Gasteiger partial charge in [-0.1, -0.05) is 69.3 Å². The number of carbonyl (C=O) groups is 2. The van der Waals surface area contributed by atoms with E-state index in [9.17, 15) is 9.59 Å². The Bertz CT molecular complexity index is 657. The van der Waals surface area contributed by atoms with Crippen molar-refractivity contribution in [3.63, 3.8) is 0 Å². The third-order valence-corrected chi connectivity index (χ3v) is 3.86. The quantitative estimate of drug-likeness (QED) is 0.305. The van der Waals surface area contributed by atoms with E-state index < -0.39 is 5.91 Å². The zero-order valence-electron chi connectivity index (χ0n) is 16.6. The lowest BCUT2D eigenvalue weighted by atomic mass is 10.0. The Kier molecular flexibility index (Phi) is 16.0. The molecule has 5 heteroatoms. The molecule has 0 radical (unpaired) electrons. The highest BCUT2D eigenvalue weighted by Gasteiger charge is 2.08. The highest BCUT2D eigenvalue weighted by molar-refractivity contribution is 8.06. The maximum Gasteiger partial charge on any atom is 0.257 e. The van der Waals surface area contributed by atoms with Gasteiger partial charge < -0.3 is 5.73 Å². The minimum atomic E-state index is -0.559. The van der Waals surface area contributed by atoms with Crippen LogP contribution in [-0.4, -0.2) is 18.9 Å². The van der Waals surface area contributed by atoms with E-state index in [4.69, 9.17) is 5.73 Å². The molecule has 0 aliphatic carbocycles. The molecule has 1 amide bonds. The summed E-state index contributed by atoms with van der Waals surface area (Å²) in [5.74, 6) is -0.559. The Balaban J connectivity index is 0. The van der Waals surface area contributed by atoms with Gasteiger partial charge in [-0.15, -0.1) is 0 Å². The fraction of sp³-hybridized carbons (Fsp3) is 0.286. The molecule has 0 unspecified atom stereocenters. The first-order valence-electron chi connectivity index (χ1n) is 8.52. The minimum absolute atomic E-state index is 0.320. The van der Waals surface area contributed by atoms with Gasteiger partial charge in [-0.2, -0.15) is 0 Å². The molecule has 0 aliphatic heterocycles. The van der Waals surface area contributed by atoms with Crippen molar-refractivity contribution >= 4 is 36.2 Å². The molecule has 0 spiro atoms. The summed E-state index contributed by atoms with van der Waals surface area (Å²) >= 11 is 1.15. The molecular weight excluding hydrogens is 344 g/mol. The molecular formula is C21H30N2O2S. The maximum absolute atomic E-state index is 11.4. The zero-order chi connectivity index (χ0) is 20.5. The van der Waals surface area contributed by atoms with Crippen molar-refractivity contribution in [3.8, 4) is 0 Å². The molecule has 1 aromatic rings. The Morgan fingerprint density at radius 1 is 1.15 bits per heavy atom. The molecule has 142 valence electrons. The Hall–Kier alpha value is -2.40. The summed E-state index contributed by atoms with van der Waals surface area (Å²) in [6.07, 6.45) is 3.95. The van der Waals surface area contributed by atoms with Gasteiger partial charge in [-0.25, -0.2) is 0 Å². The van der Waals surface area contributed by atoms with E-state index in [1.807, 2.05) is 58.9 Å². The van der Waals surface area contributed by atoms with Crippen LogP contribution in [0, 0.1) is 6.92 Å². The molecule has 26 heavy (non-hydrogen) atoms. The lowest BCUT2D eigenvalue weighted by molar-refractivity contribution is -0.114. The first-order valence-corrected chi connectivity index (χ1v) is 9.40. The molecule has 2 N–H and O–H groups in total. The number of carbonyl (C=O) groups excluding carboxylic acids is 2. The van der Waals surface area contributed by atoms with Gasteiger partial charge in [0.15, 0.2) is 0 Å². The molecule has 0 bridgehead atoms. The van der Waals surface area contributed by atoms with Crippen LogP contribution in [0.3, 0.4) is 0 Å². The summed E-state index contributed by atoms with van der Waals surface area (Å²) in [5, 5.41) is 1.70. The number of rotatable bonds is 7. The fourth-order valence-corrected chi connectivity index (χ4v) is 2.34. The number of primary amides is 1. The number of nitrogens with zero attached hydrogens (tertiary/aromatic N) is 1. The largest absolute Gasteiger partial charge is 0.365 e. The summed E-state index contributed by atoms with van der Waals surface area (Å²) in [4.78, 5) is 26.2. The van der Waals surface area contributed by atoms with Crippen molar-refractivity contribution < 1.29 is 9.59 Å². The molecule has 4 nitrogen and oxygen atoms in total. The zero-order valence-corrected chi connectivity index (χ0v) is 17.4. The van der Waals surface area contributed by atoms with Crippen LogP contribution >= 0.6 is 11.8 Å². The fourth-order valence-electron chi connectivity index (χ4n) is 1.64. The molecule has 0 aromatic heterocycles. The van der Waals surface area contributed by atoms with Gasteiger partial charge in [0, 0.05) is 0 Å². The summed E-state index contributed by atoms with van der Waals surface area (Å²) in [5.41, 5.74) is 8.58. The van der Waals surface area contributed by atoms with Gasteiger partial charge in [0.25, 0.3) is 5.91 Å². The maximum atomic E-state index is 11.4. The van der Waals surface area contributed by atoms with Crippen molar-refractivity contribution in [2.75, 3.05) is 0 Å². The van der Waals surface area contributed by atoms with Crippen molar-refractivity contribution in [2.24, 2.45) is 10.7 Å². The molecule has 0 saturated heterocycles. The first kappa shape index (κ1) is 25.8. The molecule has 0 aliphatic rings. The van der Waals surface area contributed by atoms with E-state index in [0.29, 0.717) is 10.6 Å². The second-order valence-corrected chi connectivity index (χ2v) is 5.40. The van der Waals surface area contributed by atoms with E-state index in [1.165, 1.54) is 6.08 Å². The molecule has 0 fully saturated rings. The first-order chi connectivity index (χ1) is 12.5. The summed E-state index contributed by atoms with van der Waals surface area (Å²) < 4.78 is 0. The van der Waals surface area contributed by atoms with Crippen molar-refractivity contribution in [1.29, 1.82) is 0 Å². The van der Waals surface area contributed by atoms with Gasteiger partial charge in [0.2, 0.25) is 0 Å². The number of nitrogens with two attached hydrogens (primary N) is 1. The number of allylic oxidation sites excluding steroid dienone is 4. The minimum Gasteiger partial charge on any atom is -0.365 e. The second-order valence-electron chi connectivity index (χ2n) is 4.48. The molecule has 1 rings (SSSR count). The number of aryl methyl sites for hydroxylation is 1. The van der Waals surface area contributed by atoms with Crippen LogP contribution in [0.2, 0.25) is 0 Å². The second kappa shape index (κ2) is 16.1. The van der Waals surface area contributed by atoms with Crippen molar-refractivity contribution in [2.45, 2.75) is 41.5 Å². The lowest BCUT2D eigenvalue weighted by Crippen LogP contribution is -2.12. The highest BCUT2D eigenvalue weighted by atomic mass is 32.2. The van der Waals surface area contributed by atoms with Gasteiger partial charge >= 0.3 is 0 Å². The van der Waals surface area contributed by atoms with Gasteiger partial charge in [-0.3, -0.25) is 14.6 Å². The third kappa shape index (κ3) is 9.79. The number of benzene rings is 1.